The second kappa shape index (κ2) is 7.05. The number of carbonyl (C=O) groups excluding carboxylic acids is 1. The molecule has 1 fully saturated rings. The molecule has 0 N–H and O–H groups in total. The van der Waals surface area contributed by atoms with E-state index in [0.717, 1.165) is 0 Å². The number of nitrogens with zero attached hydrogens (tertiary/aromatic N) is 4. The van der Waals surface area contributed by atoms with Crippen LogP contribution in [0.5, 0.6) is 0 Å². The van der Waals surface area contributed by atoms with Crippen LogP contribution in [0.3, 0.4) is 0 Å². The summed E-state index contributed by atoms with van der Waals surface area (Å²) in [6, 6.07) is 9.17. The molecule has 1 aliphatic rings. The zero-order valence-electron chi connectivity index (χ0n) is 13.5. The molecular weight excluding hydrogens is 328 g/mol. The first-order valence-corrected chi connectivity index (χ1v) is 8.35. The molecule has 6 nitrogen and oxygen atoms in total. The van der Waals surface area contributed by atoms with Crippen molar-refractivity contribution in [2.24, 2.45) is 0 Å². The monoisotopic (exact) mass is 346 g/mol. The van der Waals surface area contributed by atoms with Gasteiger partial charge in [0.15, 0.2) is 0 Å². The minimum atomic E-state index is -0.340. The maximum atomic E-state index is 12.5. The van der Waals surface area contributed by atoms with Gasteiger partial charge in [-0.25, -0.2) is 0 Å². The van der Waals surface area contributed by atoms with Crippen molar-refractivity contribution in [1.82, 2.24) is 14.7 Å². The van der Waals surface area contributed by atoms with E-state index in [1.165, 1.54) is 4.68 Å². The number of rotatable bonds is 3. The minimum absolute atomic E-state index is 0.151. The standard InChI is InChI=1S/C17H19ClN4O2/c1-2-15(23)21-10-8-20(9-11-21)14-12-19-22(17(24)16(14)18)13-6-4-3-5-7-13/h3-7,12H,2,8-11H2,1H3. The highest BCUT2D eigenvalue weighted by atomic mass is 35.5. The Morgan fingerprint density at radius 1 is 1.17 bits per heavy atom. The Kier molecular flexibility index (Phi) is 4.85. The summed E-state index contributed by atoms with van der Waals surface area (Å²) < 4.78 is 1.29. The summed E-state index contributed by atoms with van der Waals surface area (Å²) in [4.78, 5) is 28.1. The molecule has 1 aromatic heterocycles. The third-order valence-electron chi connectivity index (χ3n) is 4.18. The third kappa shape index (κ3) is 3.14. The Balaban J connectivity index is 1.83. The number of hydrogen-bond donors (Lipinski definition) is 0. The molecule has 0 bridgehead atoms. The number of piperazine rings is 1. The van der Waals surface area contributed by atoms with Gasteiger partial charge in [-0.15, -0.1) is 0 Å². The van der Waals surface area contributed by atoms with E-state index in [4.69, 9.17) is 11.6 Å². The normalized spacial score (nSPS) is 14.8. The van der Waals surface area contributed by atoms with Gasteiger partial charge in [0.2, 0.25) is 5.91 Å². The van der Waals surface area contributed by atoms with Crippen molar-refractivity contribution < 1.29 is 4.79 Å². The third-order valence-corrected chi connectivity index (χ3v) is 4.53. The molecule has 7 heteroatoms. The SMILES string of the molecule is CCC(=O)N1CCN(c2cnn(-c3ccccc3)c(=O)c2Cl)CC1. The number of halogens is 1. The summed E-state index contributed by atoms with van der Waals surface area (Å²) in [5.41, 5.74) is 0.958. The Labute approximate surface area is 145 Å². The van der Waals surface area contributed by atoms with Crippen molar-refractivity contribution in [3.8, 4) is 5.69 Å². The van der Waals surface area contributed by atoms with E-state index < -0.39 is 0 Å². The lowest BCUT2D eigenvalue weighted by molar-refractivity contribution is -0.131. The largest absolute Gasteiger partial charge is 0.365 e. The summed E-state index contributed by atoms with van der Waals surface area (Å²) in [5.74, 6) is 0.151. The summed E-state index contributed by atoms with van der Waals surface area (Å²) in [7, 11) is 0. The van der Waals surface area contributed by atoms with Gasteiger partial charge in [-0.2, -0.15) is 9.78 Å². The number of benzene rings is 1. The number of anilines is 1. The van der Waals surface area contributed by atoms with Crippen molar-refractivity contribution >= 4 is 23.2 Å². The number of aromatic nitrogens is 2. The van der Waals surface area contributed by atoms with Crippen molar-refractivity contribution in [3.05, 3.63) is 51.9 Å². The van der Waals surface area contributed by atoms with E-state index in [2.05, 4.69) is 5.10 Å². The van der Waals surface area contributed by atoms with Gasteiger partial charge in [-0.05, 0) is 12.1 Å². The highest BCUT2D eigenvalue weighted by Gasteiger charge is 2.23. The number of para-hydroxylation sites is 1. The quantitative estimate of drug-likeness (QED) is 0.852. The molecule has 3 rings (SSSR count). The van der Waals surface area contributed by atoms with Gasteiger partial charge < -0.3 is 9.80 Å². The van der Waals surface area contributed by atoms with E-state index in [1.807, 2.05) is 34.9 Å². The van der Waals surface area contributed by atoms with E-state index in [0.29, 0.717) is 44.0 Å². The molecule has 126 valence electrons. The van der Waals surface area contributed by atoms with Crippen LogP contribution in [0.4, 0.5) is 5.69 Å². The van der Waals surface area contributed by atoms with Gasteiger partial charge in [0.1, 0.15) is 5.02 Å². The molecular formula is C17H19ClN4O2. The fourth-order valence-corrected chi connectivity index (χ4v) is 3.07. The molecule has 0 saturated carbocycles. The van der Waals surface area contributed by atoms with E-state index in [-0.39, 0.29) is 16.5 Å². The van der Waals surface area contributed by atoms with Crippen LogP contribution in [0.1, 0.15) is 13.3 Å². The first-order valence-electron chi connectivity index (χ1n) is 7.97. The van der Waals surface area contributed by atoms with E-state index >= 15 is 0 Å². The Morgan fingerprint density at radius 2 is 1.83 bits per heavy atom. The summed E-state index contributed by atoms with van der Waals surface area (Å²) in [5, 5.41) is 4.41. The topological polar surface area (TPSA) is 58.4 Å². The minimum Gasteiger partial charge on any atom is -0.365 e. The van der Waals surface area contributed by atoms with Crippen molar-refractivity contribution in [2.75, 3.05) is 31.1 Å². The Bertz CT molecular complexity index is 783. The molecule has 0 radical (unpaired) electrons. The summed E-state index contributed by atoms with van der Waals surface area (Å²) in [6.07, 6.45) is 2.13. The lowest BCUT2D eigenvalue weighted by Gasteiger charge is -2.36. The number of hydrogen-bond acceptors (Lipinski definition) is 4. The first-order chi connectivity index (χ1) is 11.6. The Hall–Kier alpha value is -2.34. The molecule has 0 unspecified atom stereocenters. The van der Waals surface area contributed by atoms with Crippen molar-refractivity contribution in [2.45, 2.75) is 13.3 Å². The van der Waals surface area contributed by atoms with Crippen LogP contribution in [-0.4, -0.2) is 46.8 Å². The predicted molar refractivity (Wildman–Crippen MR) is 93.9 cm³/mol. The van der Waals surface area contributed by atoms with Crippen LogP contribution >= 0.6 is 11.6 Å². The van der Waals surface area contributed by atoms with Gasteiger partial charge in [0.05, 0.1) is 17.6 Å². The van der Waals surface area contributed by atoms with Crippen LogP contribution in [0.15, 0.2) is 41.3 Å². The summed E-state index contributed by atoms with van der Waals surface area (Å²) >= 11 is 6.31. The van der Waals surface area contributed by atoms with Gasteiger partial charge in [0.25, 0.3) is 5.56 Å². The average Bonchev–Trinajstić information content (AvgIpc) is 2.64. The van der Waals surface area contributed by atoms with Crippen molar-refractivity contribution in [1.29, 1.82) is 0 Å². The van der Waals surface area contributed by atoms with Crippen LogP contribution in [0.2, 0.25) is 5.02 Å². The molecule has 1 saturated heterocycles. The lowest BCUT2D eigenvalue weighted by atomic mass is 10.2. The lowest BCUT2D eigenvalue weighted by Crippen LogP contribution is -2.49. The van der Waals surface area contributed by atoms with Crippen LogP contribution in [0, 0.1) is 0 Å². The molecule has 2 heterocycles. The maximum Gasteiger partial charge on any atom is 0.292 e. The predicted octanol–water partition coefficient (Wildman–Crippen LogP) is 1.94. The fourth-order valence-electron chi connectivity index (χ4n) is 2.82. The molecule has 0 spiro atoms. The van der Waals surface area contributed by atoms with Gasteiger partial charge in [0, 0.05) is 32.6 Å². The molecule has 1 aromatic carbocycles. The molecule has 0 aliphatic carbocycles. The van der Waals surface area contributed by atoms with E-state index in [9.17, 15) is 9.59 Å². The maximum absolute atomic E-state index is 12.5. The number of amides is 1. The molecule has 1 amide bonds. The molecule has 0 atom stereocenters. The molecule has 1 aliphatic heterocycles. The highest BCUT2D eigenvalue weighted by molar-refractivity contribution is 6.33. The zero-order valence-corrected chi connectivity index (χ0v) is 14.2. The van der Waals surface area contributed by atoms with Gasteiger partial charge >= 0.3 is 0 Å². The van der Waals surface area contributed by atoms with Crippen molar-refractivity contribution in [3.63, 3.8) is 0 Å². The number of carbonyl (C=O) groups is 1. The van der Waals surface area contributed by atoms with Crippen LogP contribution in [0.25, 0.3) is 5.69 Å². The summed E-state index contributed by atoms with van der Waals surface area (Å²) in [6.45, 7) is 4.40. The second-order valence-corrected chi connectivity index (χ2v) is 6.00. The zero-order chi connectivity index (χ0) is 17.1. The van der Waals surface area contributed by atoms with Crippen LogP contribution in [-0.2, 0) is 4.79 Å². The molecule has 2 aromatic rings. The van der Waals surface area contributed by atoms with Gasteiger partial charge in [-0.3, -0.25) is 9.59 Å². The first kappa shape index (κ1) is 16.5. The van der Waals surface area contributed by atoms with Gasteiger partial charge in [-0.1, -0.05) is 36.7 Å². The second-order valence-electron chi connectivity index (χ2n) is 5.62. The van der Waals surface area contributed by atoms with E-state index in [1.54, 1.807) is 18.3 Å². The Morgan fingerprint density at radius 3 is 2.46 bits per heavy atom. The average molecular weight is 347 g/mol. The highest BCUT2D eigenvalue weighted by Crippen LogP contribution is 2.23. The molecule has 24 heavy (non-hydrogen) atoms. The smallest absolute Gasteiger partial charge is 0.292 e. The fraction of sp³-hybridized carbons (Fsp3) is 0.353. The van der Waals surface area contributed by atoms with Crippen LogP contribution < -0.4 is 10.5 Å².